The standard InChI is InChI=1S/C17H15ClNSi/c1-20(12-18)17-11-5-10-16(19-17)15-9-4-7-13-6-2-3-8-14(13)15/h2-11H,12H2,1H3. The van der Waals surface area contributed by atoms with Gasteiger partial charge in [-0.25, -0.2) is 0 Å². The maximum absolute atomic E-state index is 5.99. The van der Waals surface area contributed by atoms with Gasteiger partial charge in [0.1, 0.15) is 8.80 Å². The van der Waals surface area contributed by atoms with E-state index < -0.39 is 8.80 Å². The van der Waals surface area contributed by atoms with E-state index in [0.717, 1.165) is 11.0 Å². The van der Waals surface area contributed by atoms with E-state index in [1.807, 2.05) is 0 Å². The Hall–Kier alpha value is -1.64. The lowest BCUT2D eigenvalue weighted by atomic mass is 10.0. The Labute approximate surface area is 125 Å². The number of aromatic nitrogens is 1. The van der Waals surface area contributed by atoms with Gasteiger partial charge in [0.25, 0.3) is 0 Å². The molecule has 99 valence electrons. The topological polar surface area (TPSA) is 12.9 Å². The smallest absolute Gasteiger partial charge is 0.124 e. The summed E-state index contributed by atoms with van der Waals surface area (Å²) >= 11 is 5.99. The summed E-state index contributed by atoms with van der Waals surface area (Å²) in [6.45, 7) is 2.20. The molecule has 0 saturated heterocycles. The lowest BCUT2D eigenvalue weighted by Gasteiger charge is -2.10. The largest absolute Gasteiger partial charge is 0.258 e. The van der Waals surface area contributed by atoms with Crippen molar-refractivity contribution in [1.29, 1.82) is 0 Å². The average molecular weight is 297 g/mol. The molecule has 3 heteroatoms. The number of halogens is 1. The first-order valence-electron chi connectivity index (χ1n) is 6.63. The third-order valence-electron chi connectivity index (χ3n) is 3.45. The highest BCUT2D eigenvalue weighted by molar-refractivity contribution is 6.77. The molecular weight excluding hydrogens is 282 g/mol. The van der Waals surface area contributed by atoms with Crippen LogP contribution < -0.4 is 5.32 Å². The monoisotopic (exact) mass is 296 g/mol. The normalized spacial score (nSPS) is 11.2. The van der Waals surface area contributed by atoms with Crippen molar-refractivity contribution < 1.29 is 0 Å². The van der Waals surface area contributed by atoms with E-state index in [9.17, 15) is 0 Å². The number of hydrogen-bond donors (Lipinski definition) is 0. The van der Waals surface area contributed by atoms with Crippen LogP contribution in [0.3, 0.4) is 0 Å². The van der Waals surface area contributed by atoms with Crippen LogP contribution in [0, 0.1) is 0 Å². The van der Waals surface area contributed by atoms with E-state index in [-0.39, 0.29) is 0 Å². The van der Waals surface area contributed by atoms with E-state index in [4.69, 9.17) is 16.6 Å². The Bertz CT molecular complexity index is 736. The second-order valence-corrected chi connectivity index (χ2v) is 7.99. The van der Waals surface area contributed by atoms with Crippen molar-refractivity contribution in [2.24, 2.45) is 0 Å². The fraction of sp³-hybridized carbons (Fsp3) is 0.118. The molecule has 0 spiro atoms. The highest BCUT2D eigenvalue weighted by atomic mass is 35.5. The second-order valence-electron chi connectivity index (χ2n) is 4.85. The number of pyridine rings is 1. The minimum atomic E-state index is -0.734. The van der Waals surface area contributed by atoms with Crippen LogP contribution in [-0.2, 0) is 0 Å². The Balaban J connectivity index is 2.16. The molecule has 1 heterocycles. The number of nitrogens with zero attached hydrogens (tertiary/aromatic N) is 1. The summed E-state index contributed by atoms with van der Waals surface area (Å²) in [5, 5.41) is 3.64. The summed E-state index contributed by atoms with van der Waals surface area (Å²) in [5.74, 6) is 0. The zero-order valence-corrected chi connectivity index (χ0v) is 13.1. The predicted molar refractivity (Wildman–Crippen MR) is 89.2 cm³/mol. The maximum Gasteiger partial charge on any atom is 0.124 e. The number of alkyl halides is 1. The van der Waals surface area contributed by atoms with Crippen LogP contribution in [-0.4, -0.2) is 19.3 Å². The van der Waals surface area contributed by atoms with E-state index in [0.29, 0.717) is 5.50 Å². The fourth-order valence-corrected chi connectivity index (χ4v) is 3.58. The Morgan fingerprint density at radius 1 is 0.950 bits per heavy atom. The molecule has 1 radical (unpaired) electrons. The van der Waals surface area contributed by atoms with Crippen LogP contribution in [0.2, 0.25) is 6.55 Å². The summed E-state index contributed by atoms with van der Waals surface area (Å²) in [7, 11) is -0.734. The van der Waals surface area contributed by atoms with Crippen LogP contribution >= 0.6 is 11.6 Å². The van der Waals surface area contributed by atoms with Crippen LogP contribution in [0.15, 0.2) is 60.7 Å². The minimum absolute atomic E-state index is 0.691. The van der Waals surface area contributed by atoms with Crippen LogP contribution in [0.4, 0.5) is 0 Å². The van der Waals surface area contributed by atoms with Crippen molar-refractivity contribution in [3.63, 3.8) is 0 Å². The lowest BCUT2D eigenvalue weighted by Crippen LogP contribution is -2.31. The van der Waals surface area contributed by atoms with Gasteiger partial charge in [-0.3, -0.25) is 4.98 Å². The van der Waals surface area contributed by atoms with Gasteiger partial charge in [0.15, 0.2) is 0 Å². The van der Waals surface area contributed by atoms with Crippen LogP contribution in [0.25, 0.3) is 22.0 Å². The number of hydrogen-bond acceptors (Lipinski definition) is 1. The average Bonchev–Trinajstić information content (AvgIpc) is 2.53. The molecule has 0 fully saturated rings. The van der Waals surface area contributed by atoms with Gasteiger partial charge in [0, 0.05) is 16.4 Å². The molecule has 0 saturated carbocycles. The zero-order chi connectivity index (χ0) is 13.9. The maximum atomic E-state index is 5.99. The molecule has 3 aromatic rings. The van der Waals surface area contributed by atoms with Crippen molar-refractivity contribution in [2.45, 2.75) is 6.55 Å². The summed E-state index contributed by atoms with van der Waals surface area (Å²) in [5.41, 5.74) is 2.92. The van der Waals surface area contributed by atoms with Gasteiger partial charge in [-0.2, -0.15) is 0 Å². The molecule has 1 aromatic heterocycles. The van der Waals surface area contributed by atoms with Gasteiger partial charge in [0.2, 0.25) is 0 Å². The predicted octanol–water partition coefficient (Wildman–Crippen LogP) is 4.01. The Kier molecular flexibility index (Phi) is 3.85. The van der Waals surface area contributed by atoms with Crippen molar-refractivity contribution >= 4 is 36.5 Å². The number of benzene rings is 2. The van der Waals surface area contributed by atoms with Crippen LogP contribution in [0.1, 0.15) is 0 Å². The summed E-state index contributed by atoms with van der Waals surface area (Å²) in [6, 6.07) is 21.0. The van der Waals surface area contributed by atoms with Crippen molar-refractivity contribution in [3.05, 3.63) is 60.7 Å². The molecule has 0 atom stereocenters. The van der Waals surface area contributed by atoms with Gasteiger partial charge >= 0.3 is 0 Å². The van der Waals surface area contributed by atoms with Gasteiger partial charge < -0.3 is 0 Å². The van der Waals surface area contributed by atoms with Crippen molar-refractivity contribution in [2.75, 3.05) is 5.50 Å². The molecule has 0 N–H and O–H groups in total. The first-order valence-corrected chi connectivity index (χ1v) is 9.38. The zero-order valence-electron chi connectivity index (χ0n) is 11.3. The quantitative estimate of drug-likeness (QED) is 0.526. The van der Waals surface area contributed by atoms with E-state index in [1.54, 1.807) is 0 Å². The summed E-state index contributed by atoms with van der Waals surface area (Å²) < 4.78 is 0. The summed E-state index contributed by atoms with van der Waals surface area (Å²) in [4.78, 5) is 4.82. The van der Waals surface area contributed by atoms with Crippen molar-refractivity contribution in [1.82, 2.24) is 4.98 Å². The highest BCUT2D eigenvalue weighted by Crippen LogP contribution is 2.26. The molecule has 0 aliphatic heterocycles. The Morgan fingerprint density at radius 3 is 2.55 bits per heavy atom. The molecule has 20 heavy (non-hydrogen) atoms. The summed E-state index contributed by atoms with van der Waals surface area (Å²) in [6.07, 6.45) is 0. The minimum Gasteiger partial charge on any atom is -0.258 e. The SMILES string of the molecule is C[Si](CCl)c1cccc(-c2cccc3ccccc23)n1. The van der Waals surface area contributed by atoms with Gasteiger partial charge in [0.05, 0.1) is 5.69 Å². The molecule has 1 nitrogen and oxygen atoms in total. The van der Waals surface area contributed by atoms with E-state index in [1.165, 1.54) is 16.3 Å². The molecular formula is C17H15ClNSi. The van der Waals surface area contributed by atoms with E-state index >= 15 is 0 Å². The first-order chi connectivity index (χ1) is 9.79. The van der Waals surface area contributed by atoms with Crippen molar-refractivity contribution in [3.8, 4) is 11.3 Å². The molecule has 0 amide bonds. The fourth-order valence-electron chi connectivity index (χ4n) is 2.34. The number of rotatable bonds is 3. The number of fused-ring (bicyclic) bond motifs is 1. The lowest BCUT2D eigenvalue weighted by molar-refractivity contribution is 1.37. The second kappa shape index (κ2) is 5.78. The third kappa shape index (κ3) is 2.49. The van der Waals surface area contributed by atoms with E-state index in [2.05, 4.69) is 67.2 Å². The van der Waals surface area contributed by atoms with Gasteiger partial charge in [-0.05, 0) is 22.9 Å². The van der Waals surface area contributed by atoms with Gasteiger partial charge in [-0.1, -0.05) is 55.1 Å². The molecule has 0 unspecified atom stereocenters. The molecule has 3 rings (SSSR count). The molecule has 2 aromatic carbocycles. The molecule has 0 bridgehead atoms. The highest BCUT2D eigenvalue weighted by Gasteiger charge is 2.10. The third-order valence-corrected chi connectivity index (χ3v) is 6.21. The first kappa shape index (κ1) is 13.3. The molecule has 0 aliphatic carbocycles. The van der Waals surface area contributed by atoms with Crippen LogP contribution in [0.5, 0.6) is 0 Å². The van der Waals surface area contributed by atoms with Gasteiger partial charge in [-0.15, -0.1) is 11.6 Å². The molecule has 0 aliphatic rings. The Morgan fingerprint density at radius 2 is 1.70 bits per heavy atom.